The topological polar surface area (TPSA) is 89.2 Å². The van der Waals surface area contributed by atoms with E-state index in [0.29, 0.717) is 41.0 Å². The number of benzene rings is 2. The molecule has 7 heteroatoms. The first kappa shape index (κ1) is 24.3. The molecule has 0 aliphatic rings. The van der Waals surface area contributed by atoms with Crippen LogP contribution < -0.4 is 10.2 Å². The second-order valence-corrected chi connectivity index (χ2v) is 7.91. The first-order chi connectivity index (χ1) is 16.0. The van der Waals surface area contributed by atoms with Gasteiger partial charge in [0.1, 0.15) is 23.3 Å². The Morgan fingerprint density at radius 3 is 2.33 bits per heavy atom. The minimum atomic E-state index is -0.402. The number of ether oxygens (including phenoxy) is 2. The summed E-state index contributed by atoms with van der Waals surface area (Å²) in [6, 6.07) is 9.43. The van der Waals surface area contributed by atoms with E-state index in [9.17, 15) is 14.7 Å². The molecule has 33 heavy (non-hydrogen) atoms. The largest absolute Gasteiger partial charge is 0.507 e. The molecule has 7 nitrogen and oxygen atoms in total. The Bertz CT molecular complexity index is 1130. The number of esters is 1. The molecule has 0 unspecified atom stereocenters. The summed E-state index contributed by atoms with van der Waals surface area (Å²) in [6.45, 7) is 8.77. The van der Waals surface area contributed by atoms with Crippen molar-refractivity contribution in [1.29, 1.82) is 0 Å². The highest BCUT2D eigenvalue weighted by molar-refractivity contribution is 5.89. The highest BCUT2D eigenvalue weighted by Crippen LogP contribution is 2.29. The fourth-order valence-corrected chi connectivity index (χ4v) is 3.64. The van der Waals surface area contributed by atoms with Crippen molar-refractivity contribution in [3.8, 4) is 17.2 Å². The van der Waals surface area contributed by atoms with Gasteiger partial charge in [0.2, 0.25) is 11.2 Å². The van der Waals surface area contributed by atoms with E-state index in [4.69, 9.17) is 13.9 Å². The predicted octanol–water partition coefficient (Wildman–Crippen LogP) is 5.48. The van der Waals surface area contributed by atoms with E-state index in [1.54, 1.807) is 30.3 Å². The average Bonchev–Trinajstić information content (AvgIpc) is 2.81. The molecule has 0 aliphatic heterocycles. The smallest absolute Gasteiger partial charge is 0.338 e. The van der Waals surface area contributed by atoms with Gasteiger partial charge in [0.25, 0.3) is 0 Å². The van der Waals surface area contributed by atoms with E-state index < -0.39 is 5.97 Å². The maximum absolute atomic E-state index is 13.1. The molecule has 3 rings (SSSR count). The first-order valence-corrected chi connectivity index (χ1v) is 11.4. The third-order valence-electron chi connectivity index (χ3n) is 5.20. The summed E-state index contributed by atoms with van der Waals surface area (Å²) >= 11 is 0. The fraction of sp³-hybridized carbons (Fsp3) is 0.385. The van der Waals surface area contributed by atoms with Gasteiger partial charge >= 0.3 is 5.97 Å². The van der Waals surface area contributed by atoms with Crippen LogP contribution in [0.3, 0.4) is 0 Å². The maximum Gasteiger partial charge on any atom is 0.338 e. The number of aromatic hydroxyl groups is 1. The van der Waals surface area contributed by atoms with Crippen molar-refractivity contribution in [2.24, 2.45) is 0 Å². The van der Waals surface area contributed by atoms with Gasteiger partial charge in [0.15, 0.2) is 0 Å². The molecule has 0 saturated carbocycles. The quantitative estimate of drug-likeness (QED) is 0.385. The molecule has 1 aromatic heterocycles. The van der Waals surface area contributed by atoms with Gasteiger partial charge in [0.05, 0.1) is 23.1 Å². The predicted molar refractivity (Wildman–Crippen MR) is 127 cm³/mol. The van der Waals surface area contributed by atoms with E-state index in [0.717, 1.165) is 32.4 Å². The lowest BCUT2D eigenvalue weighted by molar-refractivity contribution is 0.0505. The number of phenols is 1. The third kappa shape index (κ3) is 5.93. The van der Waals surface area contributed by atoms with Crippen molar-refractivity contribution in [2.75, 3.05) is 19.7 Å². The van der Waals surface area contributed by atoms with Gasteiger partial charge in [-0.3, -0.25) is 9.69 Å². The van der Waals surface area contributed by atoms with Crippen LogP contribution in [0.4, 0.5) is 0 Å². The summed E-state index contributed by atoms with van der Waals surface area (Å²) in [6.07, 6.45) is 3.99. The minimum absolute atomic E-state index is 0.0272. The fourth-order valence-electron chi connectivity index (χ4n) is 3.64. The lowest BCUT2D eigenvalue weighted by Crippen LogP contribution is -2.25. The molecule has 0 radical (unpaired) electrons. The zero-order valence-electron chi connectivity index (χ0n) is 19.4. The zero-order chi connectivity index (χ0) is 23.8. The normalized spacial score (nSPS) is 11.2. The SMILES string of the molecule is CCCOC(=O)c1ccc(Oc2coc3c(CN(CCC)CCC)c(O)ccc3c2=O)cc1. The zero-order valence-corrected chi connectivity index (χ0v) is 19.4. The second-order valence-electron chi connectivity index (χ2n) is 7.91. The summed E-state index contributed by atoms with van der Waals surface area (Å²) in [4.78, 5) is 27.2. The number of nitrogens with zero attached hydrogens (tertiary/aromatic N) is 1. The number of rotatable bonds is 11. The van der Waals surface area contributed by atoms with E-state index in [2.05, 4.69) is 18.7 Å². The Morgan fingerprint density at radius 2 is 1.70 bits per heavy atom. The number of hydrogen-bond donors (Lipinski definition) is 1. The van der Waals surface area contributed by atoms with Crippen molar-refractivity contribution in [3.05, 3.63) is 64.0 Å². The van der Waals surface area contributed by atoms with Crippen molar-refractivity contribution in [2.45, 2.75) is 46.6 Å². The van der Waals surface area contributed by atoms with Crippen LogP contribution in [0, 0.1) is 0 Å². The Hall–Kier alpha value is -3.32. The van der Waals surface area contributed by atoms with Crippen molar-refractivity contribution in [1.82, 2.24) is 4.90 Å². The van der Waals surface area contributed by atoms with Gasteiger partial charge < -0.3 is 19.0 Å². The van der Waals surface area contributed by atoms with Crippen LogP contribution >= 0.6 is 0 Å². The van der Waals surface area contributed by atoms with Crippen molar-refractivity contribution >= 4 is 16.9 Å². The molecular weight excluding hydrogens is 422 g/mol. The van der Waals surface area contributed by atoms with E-state index in [1.165, 1.54) is 12.3 Å². The summed E-state index contributed by atoms with van der Waals surface area (Å²) in [5.74, 6) is 0.118. The number of carbonyl (C=O) groups is 1. The summed E-state index contributed by atoms with van der Waals surface area (Å²) in [5.41, 5.74) is 1.03. The van der Waals surface area contributed by atoms with Crippen LogP contribution in [0.15, 0.2) is 51.9 Å². The highest BCUT2D eigenvalue weighted by atomic mass is 16.5. The van der Waals surface area contributed by atoms with Crippen LogP contribution in [0.5, 0.6) is 17.2 Å². The molecule has 2 aromatic carbocycles. The number of carbonyl (C=O) groups excluding carboxylic acids is 1. The van der Waals surface area contributed by atoms with Gasteiger partial charge in [-0.15, -0.1) is 0 Å². The molecule has 0 fully saturated rings. The Balaban J connectivity index is 1.86. The van der Waals surface area contributed by atoms with Crippen LogP contribution in [0.2, 0.25) is 0 Å². The lowest BCUT2D eigenvalue weighted by atomic mass is 10.1. The molecule has 0 aliphatic carbocycles. The maximum atomic E-state index is 13.1. The lowest BCUT2D eigenvalue weighted by Gasteiger charge is -2.22. The van der Waals surface area contributed by atoms with E-state index in [-0.39, 0.29) is 16.9 Å². The molecule has 1 heterocycles. The third-order valence-corrected chi connectivity index (χ3v) is 5.20. The Morgan fingerprint density at radius 1 is 1.00 bits per heavy atom. The number of hydrogen-bond acceptors (Lipinski definition) is 7. The second kappa shape index (κ2) is 11.5. The molecule has 0 saturated heterocycles. The minimum Gasteiger partial charge on any atom is -0.507 e. The monoisotopic (exact) mass is 453 g/mol. The Labute approximate surface area is 193 Å². The molecule has 0 amide bonds. The Kier molecular flexibility index (Phi) is 8.49. The molecule has 176 valence electrons. The summed E-state index contributed by atoms with van der Waals surface area (Å²) < 4.78 is 16.6. The summed E-state index contributed by atoms with van der Waals surface area (Å²) in [7, 11) is 0. The molecule has 0 atom stereocenters. The molecular formula is C26H31NO6. The summed E-state index contributed by atoms with van der Waals surface area (Å²) in [5, 5.41) is 10.8. The van der Waals surface area contributed by atoms with Crippen LogP contribution in [0.1, 0.15) is 56.0 Å². The van der Waals surface area contributed by atoms with Crippen LogP contribution in [-0.4, -0.2) is 35.7 Å². The van der Waals surface area contributed by atoms with Gasteiger partial charge in [-0.1, -0.05) is 20.8 Å². The van der Waals surface area contributed by atoms with E-state index >= 15 is 0 Å². The van der Waals surface area contributed by atoms with Crippen molar-refractivity contribution in [3.63, 3.8) is 0 Å². The van der Waals surface area contributed by atoms with Gasteiger partial charge in [-0.25, -0.2) is 4.79 Å². The number of phenolic OH excluding ortho intramolecular Hbond substituents is 1. The molecule has 0 spiro atoms. The van der Waals surface area contributed by atoms with Crippen LogP contribution in [0.25, 0.3) is 11.0 Å². The standard InChI is InChI=1S/C26H31NO6/c1-4-13-27(14-5-2)16-21-22(28)12-11-20-24(29)23(17-32-25(20)21)33-19-9-7-18(8-10-19)26(30)31-15-6-3/h7-12,17,28H,4-6,13-16H2,1-3H3. The van der Waals surface area contributed by atoms with Crippen molar-refractivity contribution < 1.29 is 23.8 Å². The number of fused-ring (bicyclic) bond motifs is 1. The van der Waals surface area contributed by atoms with Crippen LogP contribution in [-0.2, 0) is 11.3 Å². The first-order valence-electron chi connectivity index (χ1n) is 11.4. The van der Waals surface area contributed by atoms with Gasteiger partial charge in [0, 0.05) is 6.54 Å². The molecule has 3 aromatic rings. The molecule has 0 bridgehead atoms. The van der Waals surface area contributed by atoms with Gasteiger partial charge in [-0.2, -0.15) is 0 Å². The average molecular weight is 454 g/mol. The van der Waals surface area contributed by atoms with Gasteiger partial charge in [-0.05, 0) is 68.8 Å². The van der Waals surface area contributed by atoms with E-state index in [1.807, 2.05) is 6.92 Å². The molecule has 1 N–H and O–H groups in total. The highest BCUT2D eigenvalue weighted by Gasteiger charge is 2.18.